The Hall–Kier alpha value is -3.75. The summed E-state index contributed by atoms with van der Waals surface area (Å²) in [7, 11) is 2.96. The molecule has 0 aliphatic heterocycles. The van der Waals surface area contributed by atoms with E-state index in [2.05, 4.69) is 20.6 Å². The van der Waals surface area contributed by atoms with Crippen molar-refractivity contribution in [2.45, 2.75) is 13.3 Å². The molecule has 0 radical (unpaired) electrons. The lowest BCUT2D eigenvalue weighted by atomic mass is 10.2. The number of rotatable bonds is 7. The van der Waals surface area contributed by atoms with E-state index in [9.17, 15) is 9.90 Å². The molecule has 2 amide bonds. The molecule has 29 heavy (non-hydrogen) atoms. The number of anilines is 1. The number of carbonyl (C=O) groups excluding carboxylic acids is 1. The molecule has 3 rings (SSSR count). The first kappa shape index (κ1) is 20.0. The fraction of sp³-hybridized carbons (Fsp3) is 0.250. The van der Waals surface area contributed by atoms with Crippen LogP contribution in [0.15, 0.2) is 36.7 Å². The lowest BCUT2D eigenvalue weighted by molar-refractivity contribution is 0.252. The fourth-order valence-corrected chi connectivity index (χ4v) is 2.65. The van der Waals surface area contributed by atoms with Crippen LogP contribution in [-0.4, -0.2) is 41.9 Å². The van der Waals surface area contributed by atoms with Crippen LogP contribution in [-0.2, 0) is 0 Å². The molecule has 2 aromatic carbocycles. The predicted molar refractivity (Wildman–Crippen MR) is 108 cm³/mol. The lowest BCUT2D eigenvalue weighted by Gasteiger charge is -2.13. The molecule has 0 atom stereocenters. The van der Waals surface area contributed by atoms with Crippen molar-refractivity contribution in [1.29, 1.82) is 0 Å². The first-order valence-electron chi connectivity index (χ1n) is 8.98. The molecule has 1 heterocycles. The van der Waals surface area contributed by atoms with Gasteiger partial charge < -0.3 is 30.0 Å². The fourth-order valence-electron chi connectivity index (χ4n) is 2.65. The molecular weight excluding hydrogens is 376 g/mol. The largest absolute Gasteiger partial charge is 0.504 e. The van der Waals surface area contributed by atoms with Gasteiger partial charge in [-0.1, -0.05) is 6.92 Å². The van der Waals surface area contributed by atoms with Crippen LogP contribution in [0, 0.1) is 0 Å². The molecule has 0 aliphatic carbocycles. The van der Waals surface area contributed by atoms with Crippen molar-refractivity contribution in [2.24, 2.45) is 0 Å². The Balaban J connectivity index is 1.88. The van der Waals surface area contributed by atoms with Crippen molar-refractivity contribution < 1.29 is 24.1 Å². The first-order valence-corrected chi connectivity index (χ1v) is 8.98. The van der Waals surface area contributed by atoms with E-state index in [4.69, 9.17) is 14.2 Å². The van der Waals surface area contributed by atoms with Crippen LogP contribution in [0.2, 0.25) is 0 Å². The van der Waals surface area contributed by atoms with E-state index in [-0.39, 0.29) is 23.4 Å². The SMILES string of the molecule is CCCNC(=O)Nc1ccc(Oc2ncnc3cc(O)c(OC)cc23)cc1OC. The second-order valence-corrected chi connectivity index (χ2v) is 6.07. The number of phenols is 1. The summed E-state index contributed by atoms with van der Waals surface area (Å²) in [6.45, 7) is 2.55. The topological polar surface area (TPSA) is 115 Å². The second kappa shape index (κ2) is 8.96. The Labute approximate surface area is 167 Å². The smallest absolute Gasteiger partial charge is 0.319 e. The van der Waals surface area contributed by atoms with E-state index < -0.39 is 0 Å². The van der Waals surface area contributed by atoms with Gasteiger partial charge >= 0.3 is 6.03 Å². The Morgan fingerprint density at radius 2 is 1.90 bits per heavy atom. The zero-order valence-electron chi connectivity index (χ0n) is 16.4. The van der Waals surface area contributed by atoms with E-state index in [1.165, 1.54) is 26.6 Å². The van der Waals surface area contributed by atoms with Crippen LogP contribution in [0.1, 0.15) is 13.3 Å². The molecule has 9 nitrogen and oxygen atoms in total. The third-order valence-corrected chi connectivity index (χ3v) is 4.07. The van der Waals surface area contributed by atoms with Crippen LogP contribution in [0.4, 0.5) is 10.5 Å². The number of methoxy groups -OCH3 is 2. The van der Waals surface area contributed by atoms with Crippen molar-refractivity contribution in [1.82, 2.24) is 15.3 Å². The van der Waals surface area contributed by atoms with Gasteiger partial charge in [0.15, 0.2) is 11.5 Å². The van der Waals surface area contributed by atoms with Crippen LogP contribution < -0.4 is 24.8 Å². The predicted octanol–water partition coefficient (Wildman–Crippen LogP) is 3.68. The van der Waals surface area contributed by atoms with Gasteiger partial charge in [-0.3, -0.25) is 0 Å². The summed E-state index contributed by atoms with van der Waals surface area (Å²) in [5, 5.41) is 16.0. The van der Waals surface area contributed by atoms with Crippen molar-refractivity contribution >= 4 is 22.6 Å². The number of nitrogens with one attached hydrogen (secondary N) is 2. The third-order valence-electron chi connectivity index (χ3n) is 4.07. The number of hydrogen-bond donors (Lipinski definition) is 3. The number of amides is 2. The highest BCUT2D eigenvalue weighted by molar-refractivity contribution is 5.91. The van der Waals surface area contributed by atoms with Gasteiger partial charge in [-0.15, -0.1) is 0 Å². The molecule has 0 aliphatic rings. The molecular formula is C20H22N4O5. The molecule has 0 saturated carbocycles. The van der Waals surface area contributed by atoms with E-state index in [0.717, 1.165) is 6.42 Å². The summed E-state index contributed by atoms with van der Waals surface area (Å²) in [6, 6.07) is 7.77. The molecule has 3 aromatic rings. The van der Waals surface area contributed by atoms with Gasteiger partial charge in [-0.2, -0.15) is 0 Å². The highest BCUT2D eigenvalue weighted by atomic mass is 16.5. The van der Waals surface area contributed by atoms with Gasteiger partial charge in [-0.05, 0) is 24.6 Å². The molecule has 3 N–H and O–H groups in total. The molecule has 0 unspecified atom stereocenters. The number of fused-ring (bicyclic) bond motifs is 1. The Morgan fingerprint density at radius 1 is 1.10 bits per heavy atom. The van der Waals surface area contributed by atoms with Crippen molar-refractivity contribution in [3.63, 3.8) is 0 Å². The number of urea groups is 1. The van der Waals surface area contributed by atoms with Crippen LogP contribution in [0.25, 0.3) is 10.9 Å². The number of nitrogens with zero attached hydrogens (tertiary/aromatic N) is 2. The maximum atomic E-state index is 11.9. The maximum absolute atomic E-state index is 11.9. The summed E-state index contributed by atoms with van der Waals surface area (Å²) in [5.74, 6) is 1.43. The minimum Gasteiger partial charge on any atom is -0.504 e. The molecule has 0 saturated heterocycles. The van der Waals surface area contributed by atoms with E-state index in [1.807, 2.05) is 6.92 Å². The number of ether oxygens (including phenoxy) is 3. The zero-order valence-corrected chi connectivity index (χ0v) is 16.4. The number of phenolic OH excluding ortho intramolecular Hbond substituents is 1. The minimum absolute atomic E-state index is 0.0249. The van der Waals surface area contributed by atoms with Gasteiger partial charge in [-0.25, -0.2) is 14.8 Å². The van der Waals surface area contributed by atoms with E-state index in [0.29, 0.717) is 34.6 Å². The summed E-state index contributed by atoms with van der Waals surface area (Å²) >= 11 is 0. The van der Waals surface area contributed by atoms with Gasteiger partial charge in [0.2, 0.25) is 5.88 Å². The first-order chi connectivity index (χ1) is 14.0. The third kappa shape index (κ3) is 4.57. The van der Waals surface area contributed by atoms with Gasteiger partial charge in [0, 0.05) is 18.7 Å². The summed E-state index contributed by atoms with van der Waals surface area (Å²) < 4.78 is 16.4. The van der Waals surface area contributed by atoms with Gasteiger partial charge in [0.05, 0.1) is 30.8 Å². The number of carbonyl (C=O) groups is 1. The lowest BCUT2D eigenvalue weighted by Crippen LogP contribution is -2.29. The highest BCUT2D eigenvalue weighted by Gasteiger charge is 2.13. The monoisotopic (exact) mass is 398 g/mol. The standard InChI is InChI=1S/C20H22N4O5/c1-4-7-21-20(26)24-14-6-5-12(8-17(14)27-2)29-19-13-9-18(28-3)16(25)10-15(13)22-11-23-19/h5-6,8-11,25H,4,7H2,1-3H3,(H2,21,24,26). The number of benzene rings is 2. The quantitative estimate of drug-likeness (QED) is 0.556. The summed E-state index contributed by atoms with van der Waals surface area (Å²) in [6.07, 6.45) is 2.18. The minimum atomic E-state index is -0.312. The molecule has 0 fully saturated rings. The number of aromatic hydroxyl groups is 1. The van der Waals surface area contributed by atoms with Gasteiger partial charge in [0.1, 0.15) is 17.8 Å². The maximum Gasteiger partial charge on any atom is 0.319 e. The number of hydrogen-bond acceptors (Lipinski definition) is 7. The number of aromatic nitrogens is 2. The van der Waals surface area contributed by atoms with Crippen LogP contribution in [0.5, 0.6) is 28.9 Å². The van der Waals surface area contributed by atoms with Crippen LogP contribution >= 0.6 is 0 Å². The average Bonchev–Trinajstić information content (AvgIpc) is 2.73. The van der Waals surface area contributed by atoms with Crippen LogP contribution in [0.3, 0.4) is 0 Å². The molecule has 0 spiro atoms. The normalized spacial score (nSPS) is 10.4. The molecule has 1 aromatic heterocycles. The second-order valence-electron chi connectivity index (χ2n) is 6.07. The Kier molecular flexibility index (Phi) is 6.18. The summed E-state index contributed by atoms with van der Waals surface area (Å²) in [5.41, 5.74) is 1.01. The summed E-state index contributed by atoms with van der Waals surface area (Å²) in [4.78, 5) is 20.2. The Morgan fingerprint density at radius 3 is 2.62 bits per heavy atom. The van der Waals surface area contributed by atoms with E-state index >= 15 is 0 Å². The molecule has 152 valence electrons. The molecule has 9 heteroatoms. The Bertz CT molecular complexity index is 1030. The average molecular weight is 398 g/mol. The van der Waals surface area contributed by atoms with Crippen molar-refractivity contribution in [3.05, 3.63) is 36.7 Å². The van der Waals surface area contributed by atoms with Crippen molar-refractivity contribution in [3.8, 4) is 28.9 Å². The highest BCUT2D eigenvalue weighted by Crippen LogP contribution is 2.36. The van der Waals surface area contributed by atoms with Crippen molar-refractivity contribution in [2.75, 3.05) is 26.1 Å². The zero-order chi connectivity index (χ0) is 20.8. The molecule has 0 bridgehead atoms. The van der Waals surface area contributed by atoms with Gasteiger partial charge in [0.25, 0.3) is 0 Å². The van der Waals surface area contributed by atoms with E-state index in [1.54, 1.807) is 24.3 Å².